The van der Waals surface area contributed by atoms with Gasteiger partial charge in [-0.3, -0.25) is 4.79 Å². The number of hydrogen-bond donors (Lipinski definition) is 4. The molecule has 0 aromatic heterocycles. The Balaban J connectivity index is 2.32. The van der Waals surface area contributed by atoms with Crippen LogP contribution in [-0.4, -0.2) is 56.9 Å². The van der Waals surface area contributed by atoms with Gasteiger partial charge in [0, 0.05) is 12.8 Å². The topological polar surface area (TPSA) is 107 Å². The van der Waals surface area contributed by atoms with E-state index in [0.29, 0.717) is 12.8 Å². The van der Waals surface area contributed by atoms with Gasteiger partial charge in [-0.1, -0.05) is 55.5 Å². The Morgan fingerprint density at radius 3 is 2.36 bits per heavy atom. The van der Waals surface area contributed by atoms with E-state index in [9.17, 15) is 20.1 Å². The Bertz CT molecular complexity index is 551. The third kappa shape index (κ3) is 10.6. The molecular weight excluding hydrogens is 360 g/mol. The number of hydrogen-bond acceptors (Lipinski definition) is 5. The molecule has 158 valence electrons. The maximum atomic E-state index is 10.5. The van der Waals surface area contributed by atoms with Gasteiger partial charge in [0.2, 0.25) is 0 Å². The molecule has 0 aliphatic carbocycles. The van der Waals surface area contributed by atoms with Crippen molar-refractivity contribution in [1.82, 2.24) is 0 Å². The van der Waals surface area contributed by atoms with Gasteiger partial charge in [-0.15, -0.1) is 0 Å². The highest BCUT2D eigenvalue weighted by Crippen LogP contribution is 2.26. The number of carboxylic acid groups (broad SMARTS) is 1. The van der Waals surface area contributed by atoms with Gasteiger partial charge in [-0.05, 0) is 32.1 Å². The van der Waals surface area contributed by atoms with Crippen molar-refractivity contribution < 1.29 is 30.0 Å². The number of rotatable bonds is 13. The van der Waals surface area contributed by atoms with Crippen molar-refractivity contribution in [2.45, 2.75) is 82.4 Å². The smallest absolute Gasteiger partial charge is 0.303 e. The number of allylic oxidation sites excluding steroid dienone is 5. The second kappa shape index (κ2) is 14.3. The van der Waals surface area contributed by atoms with Gasteiger partial charge in [-0.2, -0.15) is 0 Å². The van der Waals surface area contributed by atoms with Crippen LogP contribution in [0.2, 0.25) is 0 Å². The quantitative estimate of drug-likeness (QED) is 0.358. The summed E-state index contributed by atoms with van der Waals surface area (Å²) in [6.07, 6.45) is 15.5. The van der Waals surface area contributed by atoms with Crippen LogP contribution < -0.4 is 0 Å². The third-order valence-electron chi connectivity index (χ3n) is 4.47. The molecule has 1 fully saturated rings. The lowest BCUT2D eigenvalue weighted by atomic mass is 10.0. The molecule has 0 radical (unpaired) electrons. The maximum absolute atomic E-state index is 10.5. The van der Waals surface area contributed by atoms with Crippen LogP contribution in [0.15, 0.2) is 48.6 Å². The fourth-order valence-electron chi connectivity index (χ4n) is 2.87. The largest absolute Gasteiger partial charge is 0.481 e. The highest BCUT2D eigenvalue weighted by molar-refractivity contribution is 5.66. The monoisotopic (exact) mass is 394 g/mol. The molecule has 28 heavy (non-hydrogen) atoms. The van der Waals surface area contributed by atoms with Gasteiger partial charge < -0.3 is 25.2 Å². The van der Waals surface area contributed by atoms with Crippen molar-refractivity contribution in [1.29, 1.82) is 0 Å². The first-order chi connectivity index (χ1) is 13.4. The fourth-order valence-corrected chi connectivity index (χ4v) is 2.87. The van der Waals surface area contributed by atoms with Crippen molar-refractivity contribution in [2.24, 2.45) is 0 Å². The molecule has 0 bridgehead atoms. The number of ether oxygens (including phenoxy) is 1. The lowest BCUT2D eigenvalue weighted by Crippen LogP contribution is -2.24. The zero-order chi connectivity index (χ0) is 20.8. The first-order valence-corrected chi connectivity index (χ1v) is 9.98. The second-order valence-electron chi connectivity index (χ2n) is 6.92. The van der Waals surface area contributed by atoms with Gasteiger partial charge in [-0.25, -0.2) is 0 Å². The minimum atomic E-state index is -0.977. The summed E-state index contributed by atoms with van der Waals surface area (Å²) >= 11 is 0. The molecule has 0 spiro atoms. The van der Waals surface area contributed by atoms with E-state index >= 15 is 0 Å². The van der Waals surface area contributed by atoms with E-state index in [4.69, 9.17) is 9.84 Å². The lowest BCUT2D eigenvalue weighted by Gasteiger charge is -2.16. The second-order valence-corrected chi connectivity index (χ2v) is 6.92. The Kier molecular flexibility index (Phi) is 12.4. The minimum absolute atomic E-state index is 0.0868. The maximum Gasteiger partial charge on any atom is 0.303 e. The number of carbonyl (C=O) groups is 1. The van der Waals surface area contributed by atoms with E-state index in [1.54, 1.807) is 0 Å². The molecular formula is C22H34O6. The van der Waals surface area contributed by atoms with E-state index < -0.39 is 30.4 Å². The molecule has 0 aromatic rings. The number of aliphatic carboxylic acids is 1. The van der Waals surface area contributed by atoms with Gasteiger partial charge in [0.05, 0.1) is 30.5 Å². The Labute approximate surface area is 167 Å². The van der Waals surface area contributed by atoms with Crippen molar-refractivity contribution in [3.05, 3.63) is 48.6 Å². The van der Waals surface area contributed by atoms with Crippen molar-refractivity contribution in [3.8, 4) is 0 Å². The van der Waals surface area contributed by atoms with Crippen molar-refractivity contribution >= 4 is 5.97 Å². The first-order valence-electron chi connectivity index (χ1n) is 9.98. The molecule has 1 aliphatic heterocycles. The van der Waals surface area contributed by atoms with E-state index in [1.165, 1.54) is 12.2 Å². The number of aliphatic hydroxyl groups excluding tert-OH is 3. The standard InChI is InChI=1S/C22H34O6/c1-2-3-4-5-6-7-8-9-10-11-20-19(25)16-21(28-20)18(24)14-12-17(23)13-15-22(26)27/h3-4,6-7,9-10,12,14,17-21,23-25H,2,5,8,11,13,15-16H2,1H3,(H,26,27)/b4-3-,7-6-,10-9-,14-12+/t17-,18-,19-,20+,21+/m0/s1. The summed E-state index contributed by atoms with van der Waals surface area (Å²) in [7, 11) is 0. The normalized spacial score (nSPS) is 25.5. The van der Waals surface area contributed by atoms with Crippen LogP contribution in [0.3, 0.4) is 0 Å². The Morgan fingerprint density at radius 1 is 1.07 bits per heavy atom. The minimum Gasteiger partial charge on any atom is -0.481 e. The van der Waals surface area contributed by atoms with E-state index in [2.05, 4.69) is 31.2 Å². The van der Waals surface area contributed by atoms with Gasteiger partial charge >= 0.3 is 5.97 Å². The Hall–Kier alpha value is -1.73. The van der Waals surface area contributed by atoms with Gasteiger partial charge in [0.15, 0.2) is 0 Å². The molecule has 6 nitrogen and oxygen atoms in total. The lowest BCUT2D eigenvalue weighted by molar-refractivity contribution is -0.137. The van der Waals surface area contributed by atoms with Crippen LogP contribution in [-0.2, 0) is 9.53 Å². The summed E-state index contributed by atoms with van der Waals surface area (Å²) < 4.78 is 5.73. The zero-order valence-corrected chi connectivity index (χ0v) is 16.6. The molecule has 0 amide bonds. The molecule has 1 rings (SSSR count). The highest BCUT2D eigenvalue weighted by atomic mass is 16.5. The number of carboxylic acids is 1. The summed E-state index contributed by atoms with van der Waals surface area (Å²) in [4.78, 5) is 10.5. The summed E-state index contributed by atoms with van der Waals surface area (Å²) in [6.45, 7) is 2.11. The van der Waals surface area contributed by atoms with Crippen LogP contribution in [0.4, 0.5) is 0 Å². The number of aliphatic hydroxyl groups is 3. The highest BCUT2D eigenvalue weighted by Gasteiger charge is 2.36. The van der Waals surface area contributed by atoms with Crippen molar-refractivity contribution in [2.75, 3.05) is 0 Å². The molecule has 6 heteroatoms. The molecule has 4 N–H and O–H groups in total. The predicted molar refractivity (Wildman–Crippen MR) is 109 cm³/mol. The zero-order valence-electron chi connectivity index (χ0n) is 16.6. The molecule has 1 aliphatic rings. The van der Waals surface area contributed by atoms with E-state index in [-0.39, 0.29) is 18.9 Å². The summed E-state index contributed by atoms with van der Waals surface area (Å²) in [5, 5.41) is 38.5. The van der Waals surface area contributed by atoms with Crippen LogP contribution in [0.25, 0.3) is 0 Å². The van der Waals surface area contributed by atoms with E-state index in [1.807, 2.05) is 12.2 Å². The summed E-state index contributed by atoms with van der Waals surface area (Å²) in [5.41, 5.74) is 0. The summed E-state index contributed by atoms with van der Waals surface area (Å²) in [5.74, 6) is -0.977. The molecule has 0 aromatic carbocycles. The van der Waals surface area contributed by atoms with E-state index in [0.717, 1.165) is 19.3 Å². The fraction of sp³-hybridized carbons (Fsp3) is 0.591. The predicted octanol–water partition coefficient (Wildman–Crippen LogP) is 2.90. The van der Waals surface area contributed by atoms with Crippen molar-refractivity contribution in [3.63, 3.8) is 0 Å². The van der Waals surface area contributed by atoms with Crippen LogP contribution in [0.1, 0.15) is 51.9 Å². The third-order valence-corrected chi connectivity index (χ3v) is 4.47. The molecule has 1 heterocycles. The van der Waals surface area contributed by atoms with Crippen LogP contribution in [0.5, 0.6) is 0 Å². The van der Waals surface area contributed by atoms with Gasteiger partial charge in [0.1, 0.15) is 0 Å². The molecule has 1 saturated heterocycles. The van der Waals surface area contributed by atoms with Crippen LogP contribution in [0, 0.1) is 0 Å². The summed E-state index contributed by atoms with van der Waals surface area (Å²) in [6, 6.07) is 0. The SMILES string of the molecule is CC/C=C\C/C=C\C/C=C\C[C@H]1O[C@@H]([C@@H](O)/C=C/[C@H](O)CCC(=O)O)C[C@@H]1O. The Morgan fingerprint density at radius 2 is 1.71 bits per heavy atom. The molecule has 0 unspecified atom stereocenters. The average molecular weight is 395 g/mol. The average Bonchev–Trinajstić information content (AvgIpc) is 3.03. The molecule has 5 atom stereocenters. The van der Waals surface area contributed by atoms with Crippen LogP contribution >= 0.6 is 0 Å². The molecule has 0 saturated carbocycles. The van der Waals surface area contributed by atoms with Gasteiger partial charge in [0.25, 0.3) is 0 Å². The first kappa shape index (κ1) is 24.3.